The van der Waals surface area contributed by atoms with E-state index in [1.54, 1.807) is 41.1 Å². The van der Waals surface area contributed by atoms with Crippen molar-refractivity contribution in [3.63, 3.8) is 0 Å². The SMILES string of the molecule is Cc1c(C(=O)N(C)c2ccc(O)cc2)cc(-c2cc3c(cc2C(=O)N2Cc4ccccc4C[C@H]2C)CN(C(=O)Oc2ccccc2N(C)CCN(C)C)CC3)n1C. The van der Waals surface area contributed by atoms with Gasteiger partial charge < -0.3 is 38.9 Å². The molecule has 57 heavy (non-hydrogen) atoms. The summed E-state index contributed by atoms with van der Waals surface area (Å²) in [6, 6.07) is 28.2. The highest BCUT2D eigenvalue weighted by Gasteiger charge is 2.33. The fourth-order valence-electron chi connectivity index (χ4n) is 7.90. The van der Waals surface area contributed by atoms with E-state index < -0.39 is 6.09 Å². The summed E-state index contributed by atoms with van der Waals surface area (Å²) in [5, 5.41) is 9.81. The van der Waals surface area contributed by atoms with Crippen LogP contribution in [-0.4, -0.2) is 96.1 Å². The van der Waals surface area contributed by atoms with Gasteiger partial charge in [0.2, 0.25) is 0 Å². The van der Waals surface area contributed by atoms with Crippen LogP contribution in [0.4, 0.5) is 16.2 Å². The Hall–Kier alpha value is -6.07. The van der Waals surface area contributed by atoms with Crippen LogP contribution in [0.25, 0.3) is 11.3 Å². The van der Waals surface area contributed by atoms with Crippen LogP contribution >= 0.6 is 0 Å². The maximum absolute atomic E-state index is 14.9. The number of carbonyl (C=O) groups is 3. The third-order valence-corrected chi connectivity index (χ3v) is 11.5. The predicted octanol–water partition coefficient (Wildman–Crippen LogP) is 7.12. The van der Waals surface area contributed by atoms with E-state index in [9.17, 15) is 19.5 Å². The molecule has 1 atom stereocenters. The molecule has 2 aliphatic rings. The first-order chi connectivity index (χ1) is 27.3. The Balaban J connectivity index is 1.23. The van der Waals surface area contributed by atoms with Crippen molar-refractivity contribution >= 4 is 29.3 Å². The van der Waals surface area contributed by atoms with Crippen molar-refractivity contribution in [1.29, 1.82) is 0 Å². The second kappa shape index (κ2) is 16.2. The lowest BCUT2D eigenvalue weighted by Gasteiger charge is -2.36. The highest BCUT2D eigenvalue weighted by Crippen LogP contribution is 2.36. The third kappa shape index (κ3) is 7.97. The number of hydrogen-bond donors (Lipinski definition) is 1. The third-order valence-electron chi connectivity index (χ3n) is 11.5. The molecule has 0 radical (unpaired) electrons. The molecule has 296 valence electrons. The van der Waals surface area contributed by atoms with E-state index in [-0.39, 0.29) is 23.6 Å². The quantitative estimate of drug-likeness (QED) is 0.170. The summed E-state index contributed by atoms with van der Waals surface area (Å²) in [4.78, 5) is 52.1. The molecule has 0 bridgehead atoms. The minimum Gasteiger partial charge on any atom is -0.508 e. The van der Waals surface area contributed by atoms with Gasteiger partial charge in [0.15, 0.2) is 5.75 Å². The molecule has 7 rings (SSSR count). The number of aromatic nitrogens is 1. The molecular weight excluding hydrogens is 717 g/mol. The molecule has 0 spiro atoms. The van der Waals surface area contributed by atoms with Crippen LogP contribution < -0.4 is 14.5 Å². The lowest BCUT2D eigenvalue weighted by molar-refractivity contribution is 0.0658. The molecule has 0 fully saturated rings. The Labute approximate surface area is 335 Å². The Kier molecular flexibility index (Phi) is 11.1. The molecule has 0 unspecified atom stereocenters. The lowest BCUT2D eigenvalue weighted by atomic mass is 9.90. The standard InChI is InChI=1S/C46H52N6O5/c1-30-24-32-12-8-9-13-34(32)29-52(30)45(55)40-26-35-28-51(46(56)57-43-15-11-10-14-41(43)48(5)23-22-47(3)4)21-20-33(35)25-39(40)42-27-38(31(2)49(42)6)44(54)50(7)36-16-18-37(53)19-17-36/h8-19,25-27,30,53H,20-24,28-29H2,1-7H3/t30-/m1/s1. The number of carbonyl (C=O) groups excluding carboxylic acids is 3. The number of para-hydroxylation sites is 2. The summed E-state index contributed by atoms with van der Waals surface area (Å²) < 4.78 is 8.03. The normalized spacial score (nSPS) is 14.9. The fourth-order valence-corrected chi connectivity index (χ4v) is 7.90. The Morgan fingerprint density at radius 3 is 2.25 bits per heavy atom. The minimum absolute atomic E-state index is 0.0371. The lowest BCUT2D eigenvalue weighted by Crippen LogP contribution is -2.43. The summed E-state index contributed by atoms with van der Waals surface area (Å²) >= 11 is 0. The molecule has 1 aromatic heterocycles. The number of phenolic OH excluding ortho intramolecular Hbond substituents is 1. The van der Waals surface area contributed by atoms with E-state index in [0.717, 1.165) is 58.8 Å². The van der Waals surface area contributed by atoms with E-state index >= 15 is 0 Å². The number of fused-ring (bicyclic) bond motifs is 2. The van der Waals surface area contributed by atoms with E-state index in [1.165, 1.54) is 5.56 Å². The van der Waals surface area contributed by atoms with Crippen LogP contribution in [-0.2, 0) is 33.0 Å². The Morgan fingerprint density at radius 2 is 1.51 bits per heavy atom. The summed E-state index contributed by atoms with van der Waals surface area (Å²) in [6.45, 7) is 6.84. The van der Waals surface area contributed by atoms with Crippen molar-refractivity contribution in [1.82, 2.24) is 19.3 Å². The van der Waals surface area contributed by atoms with Gasteiger partial charge in [-0.1, -0.05) is 36.4 Å². The molecule has 2 aliphatic heterocycles. The van der Waals surface area contributed by atoms with E-state index in [2.05, 4.69) is 34.9 Å². The van der Waals surface area contributed by atoms with Gasteiger partial charge in [0.25, 0.3) is 11.8 Å². The Bertz CT molecular complexity index is 2310. The summed E-state index contributed by atoms with van der Waals surface area (Å²) in [7, 11) is 9.68. The van der Waals surface area contributed by atoms with Gasteiger partial charge >= 0.3 is 6.09 Å². The number of anilines is 2. The summed E-state index contributed by atoms with van der Waals surface area (Å²) in [5.41, 5.74) is 9.09. The second-order valence-electron chi connectivity index (χ2n) is 15.6. The van der Waals surface area contributed by atoms with Crippen LogP contribution in [0.1, 0.15) is 55.6 Å². The molecule has 0 saturated heterocycles. The number of hydrogen-bond acceptors (Lipinski definition) is 7. The van der Waals surface area contributed by atoms with Gasteiger partial charge in [0, 0.05) is 88.1 Å². The number of rotatable bonds is 9. The molecule has 5 aromatic rings. The summed E-state index contributed by atoms with van der Waals surface area (Å²) in [6.07, 6.45) is 0.882. The Morgan fingerprint density at radius 1 is 0.807 bits per heavy atom. The highest BCUT2D eigenvalue weighted by molar-refractivity contribution is 6.08. The predicted molar refractivity (Wildman–Crippen MR) is 224 cm³/mol. The number of benzene rings is 4. The zero-order valence-corrected chi connectivity index (χ0v) is 34.0. The largest absolute Gasteiger partial charge is 0.508 e. The second-order valence-corrected chi connectivity index (χ2v) is 15.6. The van der Waals surface area contributed by atoms with Gasteiger partial charge in [-0.15, -0.1) is 0 Å². The molecule has 0 saturated carbocycles. The van der Waals surface area contributed by atoms with Crippen LogP contribution in [0.2, 0.25) is 0 Å². The molecular formula is C46H52N6O5. The van der Waals surface area contributed by atoms with Crippen molar-refractivity contribution in [3.05, 3.63) is 130 Å². The minimum atomic E-state index is -0.439. The molecule has 4 aromatic carbocycles. The highest BCUT2D eigenvalue weighted by atomic mass is 16.6. The van der Waals surface area contributed by atoms with E-state index in [0.29, 0.717) is 48.6 Å². The zero-order valence-electron chi connectivity index (χ0n) is 34.0. The van der Waals surface area contributed by atoms with Gasteiger partial charge in [-0.3, -0.25) is 9.59 Å². The maximum atomic E-state index is 14.9. The van der Waals surface area contributed by atoms with Gasteiger partial charge in [-0.2, -0.15) is 0 Å². The number of aromatic hydroxyl groups is 1. The first kappa shape index (κ1) is 39.2. The first-order valence-corrected chi connectivity index (χ1v) is 19.5. The monoisotopic (exact) mass is 768 g/mol. The van der Waals surface area contributed by atoms with Crippen molar-refractivity contribution in [3.8, 4) is 22.8 Å². The molecule has 11 nitrogen and oxygen atoms in total. The van der Waals surface area contributed by atoms with E-state index in [4.69, 9.17) is 4.74 Å². The van der Waals surface area contributed by atoms with E-state index in [1.807, 2.05) is 93.1 Å². The number of likely N-dealkylation sites (N-methyl/N-ethyl adjacent to an activating group) is 2. The van der Waals surface area contributed by atoms with Crippen LogP contribution in [0.3, 0.4) is 0 Å². The number of ether oxygens (including phenoxy) is 1. The molecule has 3 amide bonds. The zero-order chi connectivity index (χ0) is 40.5. The van der Waals surface area contributed by atoms with Crippen LogP contribution in [0.15, 0.2) is 91.0 Å². The molecule has 0 aliphatic carbocycles. The van der Waals surface area contributed by atoms with Gasteiger partial charge in [0.05, 0.1) is 11.3 Å². The average molecular weight is 769 g/mol. The molecule has 11 heteroatoms. The number of phenols is 1. The van der Waals surface area contributed by atoms with Crippen LogP contribution in [0, 0.1) is 6.92 Å². The van der Waals surface area contributed by atoms with Crippen LogP contribution in [0.5, 0.6) is 11.5 Å². The number of amides is 3. The van der Waals surface area contributed by atoms with Crippen molar-refractivity contribution in [2.24, 2.45) is 7.05 Å². The topological polar surface area (TPSA) is 102 Å². The first-order valence-electron chi connectivity index (χ1n) is 19.5. The maximum Gasteiger partial charge on any atom is 0.415 e. The van der Waals surface area contributed by atoms with Gasteiger partial charge in [-0.05, 0) is 118 Å². The van der Waals surface area contributed by atoms with Crippen molar-refractivity contribution in [2.45, 2.75) is 45.8 Å². The summed E-state index contributed by atoms with van der Waals surface area (Å²) in [5.74, 6) is 0.322. The average Bonchev–Trinajstić information content (AvgIpc) is 3.51. The smallest absolute Gasteiger partial charge is 0.415 e. The fraction of sp³-hybridized carbons (Fsp3) is 0.326. The van der Waals surface area contributed by atoms with Gasteiger partial charge in [0.1, 0.15) is 5.75 Å². The van der Waals surface area contributed by atoms with Crippen molar-refractivity contribution in [2.75, 3.05) is 57.6 Å². The van der Waals surface area contributed by atoms with Gasteiger partial charge in [-0.25, -0.2) is 4.79 Å². The molecule has 3 heterocycles. The number of nitrogens with zero attached hydrogens (tertiary/aromatic N) is 6. The molecule has 1 N–H and O–H groups in total. The van der Waals surface area contributed by atoms with Crippen molar-refractivity contribution < 1.29 is 24.2 Å².